The van der Waals surface area contributed by atoms with Crippen LogP contribution in [0.25, 0.3) is 0 Å². The minimum Gasteiger partial charge on any atom is -0.497 e. The van der Waals surface area contributed by atoms with Gasteiger partial charge in [-0.2, -0.15) is 0 Å². The van der Waals surface area contributed by atoms with E-state index in [2.05, 4.69) is 0 Å². The molecule has 0 aliphatic carbocycles. The van der Waals surface area contributed by atoms with Gasteiger partial charge in [-0.15, -0.1) is 0 Å². The van der Waals surface area contributed by atoms with Crippen LogP contribution in [0.3, 0.4) is 0 Å². The number of carbonyl (C=O) groups excluding carboxylic acids is 1. The van der Waals surface area contributed by atoms with Crippen LogP contribution in [0.1, 0.15) is 33.2 Å². The molecule has 19 heavy (non-hydrogen) atoms. The Morgan fingerprint density at radius 2 is 2.00 bits per heavy atom. The second-order valence-corrected chi connectivity index (χ2v) is 4.65. The van der Waals surface area contributed by atoms with Crippen LogP contribution in [0, 0.1) is 6.92 Å². The second-order valence-electron chi connectivity index (χ2n) is 4.65. The number of methoxy groups -OCH3 is 1. The minimum atomic E-state index is -0.336. The van der Waals surface area contributed by atoms with E-state index in [1.54, 1.807) is 19.2 Å². The van der Waals surface area contributed by atoms with Crippen molar-refractivity contribution in [1.29, 1.82) is 0 Å². The summed E-state index contributed by atoms with van der Waals surface area (Å²) < 4.78 is 10.7. The molecule has 1 atom stereocenters. The summed E-state index contributed by atoms with van der Waals surface area (Å²) in [6.45, 7) is 2.02. The van der Waals surface area contributed by atoms with E-state index in [9.17, 15) is 4.79 Å². The molecule has 2 aromatic carbocycles. The fourth-order valence-electron chi connectivity index (χ4n) is 2.39. The average molecular weight is 254 g/mol. The lowest BCUT2D eigenvalue weighted by Crippen LogP contribution is -2.00. The molecule has 3 nitrogen and oxygen atoms in total. The zero-order valence-corrected chi connectivity index (χ0v) is 10.8. The Hall–Kier alpha value is -2.29. The number of rotatable bonds is 2. The van der Waals surface area contributed by atoms with E-state index in [4.69, 9.17) is 9.47 Å². The maximum Gasteiger partial charge on any atom is 0.339 e. The van der Waals surface area contributed by atoms with Gasteiger partial charge < -0.3 is 9.47 Å². The van der Waals surface area contributed by atoms with Gasteiger partial charge in [0.2, 0.25) is 0 Å². The fraction of sp³-hybridized carbons (Fsp3) is 0.188. The van der Waals surface area contributed by atoms with E-state index in [0.717, 1.165) is 22.4 Å². The van der Waals surface area contributed by atoms with Crippen molar-refractivity contribution in [2.75, 3.05) is 7.11 Å². The average Bonchev–Trinajstić information content (AvgIpc) is 2.75. The number of aryl methyl sites for hydroxylation is 1. The molecule has 0 amide bonds. The summed E-state index contributed by atoms with van der Waals surface area (Å²) in [6, 6.07) is 13.4. The van der Waals surface area contributed by atoms with Gasteiger partial charge in [-0.3, -0.25) is 0 Å². The molecule has 0 bridgehead atoms. The van der Waals surface area contributed by atoms with Crippen molar-refractivity contribution in [3.05, 3.63) is 64.7 Å². The van der Waals surface area contributed by atoms with Crippen molar-refractivity contribution < 1.29 is 14.3 Å². The highest BCUT2D eigenvalue weighted by Crippen LogP contribution is 2.37. The summed E-state index contributed by atoms with van der Waals surface area (Å²) in [6.07, 6.45) is -0.336. The quantitative estimate of drug-likeness (QED) is 0.772. The Bertz CT molecular complexity index is 646. The normalized spacial score (nSPS) is 16.9. The largest absolute Gasteiger partial charge is 0.497 e. The van der Waals surface area contributed by atoms with E-state index >= 15 is 0 Å². The summed E-state index contributed by atoms with van der Waals surface area (Å²) in [7, 11) is 1.61. The molecule has 0 radical (unpaired) electrons. The predicted octanol–water partition coefficient (Wildman–Crippen LogP) is 3.26. The van der Waals surface area contributed by atoms with Gasteiger partial charge in [-0.05, 0) is 30.7 Å². The van der Waals surface area contributed by atoms with Gasteiger partial charge in [-0.1, -0.05) is 29.8 Å². The van der Waals surface area contributed by atoms with E-state index in [1.807, 2.05) is 37.3 Å². The highest BCUT2D eigenvalue weighted by molar-refractivity contribution is 5.94. The van der Waals surface area contributed by atoms with Crippen LogP contribution < -0.4 is 4.74 Å². The number of cyclic esters (lactones) is 1. The van der Waals surface area contributed by atoms with Crippen LogP contribution >= 0.6 is 0 Å². The second kappa shape index (κ2) is 4.43. The number of benzene rings is 2. The molecule has 2 aromatic rings. The summed E-state index contributed by atoms with van der Waals surface area (Å²) in [5.41, 5.74) is 3.62. The molecule has 3 rings (SSSR count). The lowest BCUT2D eigenvalue weighted by atomic mass is 9.98. The molecule has 0 N–H and O–H groups in total. The van der Waals surface area contributed by atoms with E-state index in [0.29, 0.717) is 5.56 Å². The molecule has 1 aliphatic rings. The maximum atomic E-state index is 11.9. The Kier molecular flexibility index (Phi) is 2.75. The van der Waals surface area contributed by atoms with Crippen LogP contribution in [0.15, 0.2) is 42.5 Å². The first kappa shape index (κ1) is 11.8. The summed E-state index contributed by atoms with van der Waals surface area (Å²) in [5.74, 6) is 0.457. The number of esters is 1. The van der Waals surface area contributed by atoms with Gasteiger partial charge in [0.1, 0.15) is 5.75 Å². The third kappa shape index (κ3) is 1.97. The molecule has 96 valence electrons. The number of hydrogen-bond acceptors (Lipinski definition) is 3. The van der Waals surface area contributed by atoms with E-state index < -0.39 is 0 Å². The molecular formula is C16H14O3. The Morgan fingerprint density at radius 1 is 1.16 bits per heavy atom. The van der Waals surface area contributed by atoms with Gasteiger partial charge in [0.05, 0.1) is 12.7 Å². The Morgan fingerprint density at radius 3 is 2.74 bits per heavy atom. The third-order valence-corrected chi connectivity index (χ3v) is 3.33. The van der Waals surface area contributed by atoms with E-state index in [-0.39, 0.29) is 12.1 Å². The topological polar surface area (TPSA) is 35.5 Å². The van der Waals surface area contributed by atoms with Gasteiger partial charge in [0, 0.05) is 5.56 Å². The molecule has 0 fully saturated rings. The number of hydrogen-bond donors (Lipinski definition) is 0. The zero-order chi connectivity index (χ0) is 13.4. The maximum absolute atomic E-state index is 11.9. The molecular weight excluding hydrogens is 240 g/mol. The van der Waals surface area contributed by atoms with Gasteiger partial charge in [-0.25, -0.2) is 4.79 Å². The van der Waals surface area contributed by atoms with Crippen molar-refractivity contribution in [1.82, 2.24) is 0 Å². The number of fused-ring (bicyclic) bond motifs is 1. The molecule has 0 aromatic heterocycles. The van der Waals surface area contributed by atoms with Gasteiger partial charge >= 0.3 is 5.97 Å². The standard InChI is InChI=1S/C16H14O3/c1-10-4-3-5-11(8-10)15-14-9-12(18-2)6-7-13(14)16(17)19-15/h3-9,15H,1-2H3. The molecule has 0 saturated heterocycles. The Balaban J connectivity index is 2.10. The first-order valence-electron chi connectivity index (χ1n) is 6.14. The SMILES string of the molecule is COc1ccc2c(c1)C(c1cccc(C)c1)OC2=O. The highest BCUT2D eigenvalue weighted by Gasteiger charge is 2.32. The third-order valence-electron chi connectivity index (χ3n) is 3.33. The lowest BCUT2D eigenvalue weighted by molar-refractivity contribution is 0.0455. The van der Waals surface area contributed by atoms with Gasteiger partial charge in [0.15, 0.2) is 6.10 Å². The summed E-state index contributed by atoms with van der Waals surface area (Å²) in [4.78, 5) is 11.9. The summed E-state index contributed by atoms with van der Waals surface area (Å²) >= 11 is 0. The van der Waals surface area contributed by atoms with Crippen LogP contribution in [0.5, 0.6) is 5.75 Å². The van der Waals surface area contributed by atoms with Crippen molar-refractivity contribution in [2.24, 2.45) is 0 Å². The predicted molar refractivity (Wildman–Crippen MR) is 71.4 cm³/mol. The molecule has 1 heterocycles. The zero-order valence-electron chi connectivity index (χ0n) is 10.8. The Labute approximate surface area is 111 Å². The van der Waals surface area contributed by atoms with Crippen LogP contribution in [-0.4, -0.2) is 13.1 Å². The first-order valence-corrected chi connectivity index (χ1v) is 6.14. The summed E-state index contributed by atoms with van der Waals surface area (Å²) in [5, 5.41) is 0. The monoisotopic (exact) mass is 254 g/mol. The highest BCUT2D eigenvalue weighted by atomic mass is 16.5. The molecule has 3 heteroatoms. The first-order chi connectivity index (χ1) is 9.19. The molecule has 1 aliphatic heterocycles. The molecule has 0 saturated carbocycles. The molecule has 0 spiro atoms. The lowest BCUT2D eigenvalue weighted by Gasteiger charge is -2.12. The van der Waals surface area contributed by atoms with Crippen molar-refractivity contribution in [3.8, 4) is 5.75 Å². The van der Waals surface area contributed by atoms with Crippen LogP contribution in [0.4, 0.5) is 0 Å². The van der Waals surface area contributed by atoms with Gasteiger partial charge in [0.25, 0.3) is 0 Å². The molecule has 1 unspecified atom stereocenters. The number of ether oxygens (including phenoxy) is 2. The van der Waals surface area contributed by atoms with E-state index in [1.165, 1.54) is 0 Å². The number of carbonyl (C=O) groups is 1. The van der Waals surface area contributed by atoms with Crippen LogP contribution in [0.2, 0.25) is 0 Å². The van der Waals surface area contributed by atoms with Crippen molar-refractivity contribution in [3.63, 3.8) is 0 Å². The fourth-order valence-corrected chi connectivity index (χ4v) is 2.39. The minimum absolute atomic E-state index is 0.274. The smallest absolute Gasteiger partial charge is 0.339 e. The van der Waals surface area contributed by atoms with Crippen LogP contribution in [-0.2, 0) is 4.74 Å². The van der Waals surface area contributed by atoms with Crippen molar-refractivity contribution >= 4 is 5.97 Å². The van der Waals surface area contributed by atoms with Crippen molar-refractivity contribution in [2.45, 2.75) is 13.0 Å².